The second-order valence-corrected chi connectivity index (χ2v) is 7.49. The standard InChI is InChI=1S/C19H28ClN3O/c1-15-8-9-16(20)14-18(15)21-19(24)23-12-10-22(11-13-23)17-6-4-2-3-5-7-17/h8-9,14,17H,2-7,10-13H2,1H3,(H,21,24). The molecule has 2 fully saturated rings. The minimum absolute atomic E-state index is 0.0131. The molecule has 0 unspecified atom stereocenters. The van der Waals surface area contributed by atoms with Crippen molar-refractivity contribution in [2.75, 3.05) is 31.5 Å². The van der Waals surface area contributed by atoms with Gasteiger partial charge in [0.1, 0.15) is 0 Å². The molecule has 2 amide bonds. The number of carbonyl (C=O) groups is 1. The monoisotopic (exact) mass is 349 g/mol. The van der Waals surface area contributed by atoms with E-state index in [1.807, 2.05) is 30.0 Å². The van der Waals surface area contributed by atoms with Crippen molar-refractivity contribution in [3.63, 3.8) is 0 Å². The maximum absolute atomic E-state index is 12.5. The molecule has 4 nitrogen and oxygen atoms in total. The van der Waals surface area contributed by atoms with Gasteiger partial charge in [0.15, 0.2) is 0 Å². The molecular formula is C19H28ClN3O. The number of piperazine rings is 1. The van der Waals surface area contributed by atoms with Gasteiger partial charge >= 0.3 is 6.03 Å². The van der Waals surface area contributed by atoms with Crippen molar-refractivity contribution in [1.29, 1.82) is 0 Å². The highest BCUT2D eigenvalue weighted by molar-refractivity contribution is 6.31. The molecule has 132 valence electrons. The van der Waals surface area contributed by atoms with Crippen LogP contribution in [0.1, 0.15) is 44.1 Å². The van der Waals surface area contributed by atoms with Crippen LogP contribution in [0.5, 0.6) is 0 Å². The number of rotatable bonds is 2. The van der Waals surface area contributed by atoms with E-state index in [4.69, 9.17) is 11.6 Å². The molecule has 0 spiro atoms. The molecule has 24 heavy (non-hydrogen) atoms. The number of halogens is 1. The fraction of sp³-hybridized carbons (Fsp3) is 0.632. The second-order valence-electron chi connectivity index (χ2n) is 7.06. The van der Waals surface area contributed by atoms with Crippen molar-refractivity contribution in [2.45, 2.75) is 51.5 Å². The lowest BCUT2D eigenvalue weighted by Crippen LogP contribution is -2.52. The fourth-order valence-electron chi connectivity index (χ4n) is 3.84. The molecule has 1 aliphatic heterocycles. The van der Waals surface area contributed by atoms with E-state index in [-0.39, 0.29) is 6.03 Å². The summed E-state index contributed by atoms with van der Waals surface area (Å²) in [4.78, 5) is 17.0. The highest BCUT2D eigenvalue weighted by Crippen LogP contribution is 2.24. The summed E-state index contributed by atoms with van der Waals surface area (Å²) in [7, 11) is 0. The van der Waals surface area contributed by atoms with Gasteiger partial charge < -0.3 is 10.2 Å². The number of urea groups is 1. The van der Waals surface area contributed by atoms with Gasteiger partial charge in [0.2, 0.25) is 0 Å². The predicted molar refractivity (Wildman–Crippen MR) is 99.8 cm³/mol. The molecule has 1 aliphatic carbocycles. The molecule has 1 saturated carbocycles. The summed E-state index contributed by atoms with van der Waals surface area (Å²) >= 11 is 6.03. The average molecular weight is 350 g/mol. The van der Waals surface area contributed by atoms with Gasteiger partial charge in [0, 0.05) is 42.9 Å². The zero-order valence-corrected chi connectivity index (χ0v) is 15.3. The zero-order chi connectivity index (χ0) is 16.9. The van der Waals surface area contributed by atoms with Gasteiger partial charge in [0.25, 0.3) is 0 Å². The third-order valence-electron chi connectivity index (χ3n) is 5.38. The van der Waals surface area contributed by atoms with Crippen LogP contribution in [0.15, 0.2) is 18.2 Å². The van der Waals surface area contributed by atoms with Crippen LogP contribution in [0.3, 0.4) is 0 Å². The van der Waals surface area contributed by atoms with Crippen molar-refractivity contribution < 1.29 is 4.79 Å². The molecule has 0 atom stereocenters. The first-order chi connectivity index (χ1) is 11.6. The third kappa shape index (κ3) is 4.42. The van der Waals surface area contributed by atoms with Crippen molar-refractivity contribution in [3.05, 3.63) is 28.8 Å². The lowest BCUT2D eigenvalue weighted by molar-refractivity contribution is 0.105. The van der Waals surface area contributed by atoms with E-state index < -0.39 is 0 Å². The van der Waals surface area contributed by atoms with Crippen LogP contribution in [0.25, 0.3) is 0 Å². The maximum Gasteiger partial charge on any atom is 0.321 e. The number of hydrogen-bond acceptors (Lipinski definition) is 2. The van der Waals surface area contributed by atoms with Crippen molar-refractivity contribution in [2.24, 2.45) is 0 Å². The number of aryl methyl sites for hydroxylation is 1. The summed E-state index contributed by atoms with van der Waals surface area (Å²) in [5, 5.41) is 3.66. The number of carbonyl (C=O) groups excluding carboxylic acids is 1. The molecule has 5 heteroatoms. The lowest BCUT2D eigenvalue weighted by Gasteiger charge is -2.39. The minimum Gasteiger partial charge on any atom is -0.322 e. The van der Waals surface area contributed by atoms with Gasteiger partial charge in [-0.1, -0.05) is 43.4 Å². The summed E-state index contributed by atoms with van der Waals surface area (Å²) in [6.45, 7) is 5.58. The minimum atomic E-state index is -0.0131. The highest BCUT2D eigenvalue weighted by atomic mass is 35.5. The van der Waals surface area contributed by atoms with E-state index in [9.17, 15) is 4.79 Å². The number of nitrogens with zero attached hydrogens (tertiary/aromatic N) is 2. The first-order valence-electron chi connectivity index (χ1n) is 9.19. The van der Waals surface area contributed by atoms with Crippen LogP contribution >= 0.6 is 11.6 Å². The molecule has 1 N–H and O–H groups in total. The van der Waals surface area contributed by atoms with Crippen molar-refractivity contribution in [1.82, 2.24) is 9.80 Å². The SMILES string of the molecule is Cc1ccc(Cl)cc1NC(=O)N1CCN(C2CCCCCC2)CC1. The lowest BCUT2D eigenvalue weighted by atomic mass is 10.1. The first-order valence-corrected chi connectivity index (χ1v) is 9.57. The van der Waals surface area contributed by atoms with Gasteiger partial charge in [-0.05, 0) is 37.5 Å². The van der Waals surface area contributed by atoms with Crippen molar-refractivity contribution in [3.8, 4) is 0 Å². The molecule has 3 rings (SSSR count). The van der Waals surface area contributed by atoms with E-state index >= 15 is 0 Å². The van der Waals surface area contributed by atoms with Crippen LogP contribution in [0.2, 0.25) is 5.02 Å². The Morgan fingerprint density at radius 3 is 2.42 bits per heavy atom. The Hall–Kier alpha value is -1.26. The molecule has 1 aromatic rings. The molecule has 0 aromatic heterocycles. The molecule has 2 aliphatic rings. The largest absolute Gasteiger partial charge is 0.322 e. The van der Waals surface area contributed by atoms with Gasteiger partial charge in [-0.3, -0.25) is 4.90 Å². The Kier molecular flexibility index (Phi) is 6.01. The first kappa shape index (κ1) is 17.6. The Balaban J connectivity index is 1.52. The molecule has 0 radical (unpaired) electrons. The van der Waals surface area contributed by atoms with Crippen molar-refractivity contribution >= 4 is 23.3 Å². The number of hydrogen-bond donors (Lipinski definition) is 1. The van der Waals surface area contributed by atoms with Gasteiger partial charge in [0.05, 0.1) is 0 Å². The van der Waals surface area contributed by atoms with Crippen LogP contribution in [0, 0.1) is 6.92 Å². The Labute approximate surface area is 150 Å². The van der Waals surface area contributed by atoms with Crippen LogP contribution < -0.4 is 5.32 Å². The van der Waals surface area contributed by atoms with Gasteiger partial charge in [-0.15, -0.1) is 0 Å². The topological polar surface area (TPSA) is 35.6 Å². The second kappa shape index (κ2) is 8.21. The fourth-order valence-corrected chi connectivity index (χ4v) is 4.01. The molecular weight excluding hydrogens is 322 g/mol. The maximum atomic E-state index is 12.5. The van der Waals surface area contributed by atoms with E-state index in [1.54, 1.807) is 0 Å². The quantitative estimate of drug-likeness (QED) is 0.797. The number of nitrogens with one attached hydrogen (secondary N) is 1. The Bertz CT molecular complexity index is 562. The molecule has 1 saturated heterocycles. The summed E-state index contributed by atoms with van der Waals surface area (Å²) in [6, 6.07) is 6.31. The Morgan fingerprint density at radius 2 is 1.75 bits per heavy atom. The Morgan fingerprint density at radius 1 is 1.08 bits per heavy atom. The smallest absolute Gasteiger partial charge is 0.321 e. The molecule has 0 bridgehead atoms. The average Bonchev–Trinajstić information content (AvgIpc) is 2.87. The highest BCUT2D eigenvalue weighted by Gasteiger charge is 2.26. The summed E-state index contributed by atoms with van der Waals surface area (Å²) < 4.78 is 0. The van der Waals surface area contributed by atoms with Gasteiger partial charge in [-0.25, -0.2) is 4.79 Å². The number of anilines is 1. The summed E-state index contributed by atoms with van der Waals surface area (Å²) in [5.41, 5.74) is 1.84. The molecule has 1 aromatic carbocycles. The third-order valence-corrected chi connectivity index (χ3v) is 5.62. The predicted octanol–water partition coefficient (Wildman–Crippen LogP) is 4.52. The number of benzene rings is 1. The van der Waals surface area contributed by atoms with E-state index in [1.165, 1.54) is 38.5 Å². The number of amides is 2. The van der Waals surface area contributed by atoms with E-state index in [0.717, 1.165) is 43.5 Å². The van der Waals surface area contributed by atoms with Crippen LogP contribution in [-0.2, 0) is 0 Å². The van der Waals surface area contributed by atoms with E-state index in [0.29, 0.717) is 5.02 Å². The summed E-state index contributed by atoms with van der Waals surface area (Å²) in [5.74, 6) is 0. The normalized spacial score (nSPS) is 20.7. The van der Waals surface area contributed by atoms with E-state index in [2.05, 4.69) is 10.2 Å². The summed E-state index contributed by atoms with van der Waals surface area (Å²) in [6.07, 6.45) is 8.15. The van der Waals surface area contributed by atoms with Crippen LogP contribution in [-0.4, -0.2) is 48.1 Å². The zero-order valence-electron chi connectivity index (χ0n) is 14.6. The van der Waals surface area contributed by atoms with Crippen LogP contribution in [0.4, 0.5) is 10.5 Å². The molecule has 1 heterocycles. The van der Waals surface area contributed by atoms with Gasteiger partial charge in [-0.2, -0.15) is 0 Å².